The molecule has 31 heavy (non-hydrogen) atoms. The average molecular weight is 435 g/mol. The highest BCUT2D eigenvalue weighted by molar-refractivity contribution is 7.12. The van der Waals surface area contributed by atoms with Crippen LogP contribution in [0.5, 0.6) is 0 Å². The second-order valence-corrected chi connectivity index (χ2v) is 9.70. The van der Waals surface area contributed by atoms with E-state index in [4.69, 9.17) is 4.98 Å². The van der Waals surface area contributed by atoms with E-state index in [1.165, 1.54) is 18.4 Å². The summed E-state index contributed by atoms with van der Waals surface area (Å²) in [7, 11) is 0. The van der Waals surface area contributed by atoms with Crippen LogP contribution in [0.2, 0.25) is 0 Å². The van der Waals surface area contributed by atoms with Crippen molar-refractivity contribution >= 4 is 23.5 Å². The van der Waals surface area contributed by atoms with Crippen LogP contribution in [0.4, 0.5) is 0 Å². The summed E-state index contributed by atoms with van der Waals surface area (Å²) in [4.78, 5) is 36.4. The number of likely N-dealkylation sites (tertiary alicyclic amines) is 1. The number of benzene rings is 1. The lowest BCUT2D eigenvalue weighted by Gasteiger charge is -2.20. The van der Waals surface area contributed by atoms with Crippen LogP contribution >= 0.6 is 11.3 Å². The molecule has 0 radical (unpaired) electrons. The van der Waals surface area contributed by atoms with Crippen molar-refractivity contribution in [1.29, 1.82) is 0 Å². The van der Waals surface area contributed by atoms with Crippen molar-refractivity contribution in [2.45, 2.75) is 39.2 Å². The third-order valence-corrected chi connectivity index (χ3v) is 7.19. The van der Waals surface area contributed by atoms with Gasteiger partial charge in [0.1, 0.15) is 0 Å². The largest absolute Gasteiger partial charge is 0.328 e. The number of hydrogen-bond donors (Lipinski definition) is 1. The van der Waals surface area contributed by atoms with Gasteiger partial charge in [-0.2, -0.15) is 0 Å². The molecule has 2 aromatic heterocycles. The molecule has 1 aliphatic carbocycles. The number of fused-ring (bicyclic) bond motifs is 2. The molecule has 3 aromatic rings. The zero-order valence-electron chi connectivity index (χ0n) is 17.9. The smallest absolute Gasteiger partial charge is 0.302 e. The van der Waals surface area contributed by atoms with Gasteiger partial charge in [0.2, 0.25) is 0 Å². The summed E-state index contributed by atoms with van der Waals surface area (Å²) in [5.41, 5.74) is 4.07. The zero-order valence-corrected chi connectivity index (χ0v) is 18.7. The predicted molar refractivity (Wildman–Crippen MR) is 125 cm³/mol. The maximum absolute atomic E-state index is 13.0. The zero-order chi connectivity index (χ0) is 21.5. The number of nitrogens with one attached hydrogen (secondary N) is 1. The Balaban J connectivity index is 1.63. The first-order valence-electron chi connectivity index (χ1n) is 10.8. The molecule has 1 fully saturated rings. The lowest BCUT2D eigenvalue weighted by atomic mass is 9.87. The van der Waals surface area contributed by atoms with E-state index in [1.54, 1.807) is 22.1 Å². The normalized spacial score (nSPS) is 18.1. The first-order chi connectivity index (χ1) is 15.0. The average Bonchev–Trinajstić information content (AvgIpc) is 3.35. The van der Waals surface area contributed by atoms with Crippen LogP contribution in [-0.2, 0) is 6.54 Å². The Morgan fingerprint density at radius 3 is 2.71 bits per heavy atom. The minimum Gasteiger partial charge on any atom is -0.302 e. The van der Waals surface area contributed by atoms with Gasteiger partial charge in [-0.3, -0.25) is 14.3 Å². The van der Waals surface area contributed by atoms with E-state index >= 15 is 0 Å². The fraction of sp³-hybridized carbons (Fsp3) is 0.375. The Kier molecular flexibility index (Phi) is 5.24. The van der Waals surface area contributed by atoms with Crippen molar-refractivity contribution in [1.82, 2.24) is 19.4 Å². The van der Waals surface area contributed by atoms with E-state index in [1.807, 2.05) is 6.92 Å². The van der Waals surface area contributed by atoms with E-state index in [0.29, 0.717) is 12.1 Å². The summed E-state index contributed by atoms with van der Waals surface area (Å²) in [6.07, 6.45) is 8.38. The molecule has 1 aromatic carbocycles. The van der Waals surface area contributed by atoms with Crippen molar-refractivity contribution in [2.75, 3.05) is 19.6 Å². The Hall–Kier alpha value is -2.77. The molecule has 2 aliphatic rings. The highest BCUT2D eigenvalue weighted by Gasteiger charge is 2.29. The van der Waals surface area contributed by atoms with Crippen LogP contribution in [0.25, 0.3) is 12.2 Å². The van der Waals surface area contributed by atoms with Gasteiger partial charge in [-0.05, 0) is 57.0 Å². The molecule has 1 atom stereocenters. The molecule has 0 amide bonds. The summed E-state index contributed by atoms with van der Waals surface area (Å²) in [6, 6.07) is 6.30. The van der Waals surface area contributed by atoms with Crippen molar-refractivity contribution in [3.05, 3.63) is 83.1 Å². The number of rotatable bonds is 4. The summed E-state index contributed by atoms with van der Waals surface area (Å²) < 4.78 is 1.65. The molecule has 7 heteroatoms. The topological polar surface area (TPSA) is 71.0 Å². The summed E-state index contributed by atoms with van der Waals surface area (Å²) in [6.45, 7) is 7.59. The van der Waals surface area contributed by atoms with E-state index in [9.17, 15) is 9.59 Å². The molecule has 0 spiro atoms. The number of aromatic amines is 1. The predicted octanol–water partition coefficient (Wildman–Crippen LogP) is 3.37. The van der Waals surface area contributed by atoms with Gasteiger partial charge in [0.25, 0.3) is 5.56 Å². The molecule has 160 valence electrons. The summed E-state index contributed by atoms with van der Waals surface area (Å²) in [5, 5.41) is 0.967. The molecule has 1 aliphatic heterocycles. The molecule has 0 saturated carbocycles. The van der Waals surface area contributed by atoms with Gasteiger partial charge in [0.15, 0.2) is 0 Å². The van der Waals surface area contributed by atoms with Gasteiger partial charge in [-0.25, -0.2) is 9.78 Å². The third kappa shape index (κ3) is 3.83. The first-order valence-corrected chi connectivity index (χ1v) is 11.6. The molecule has 1 unspecified atom stereocenters. The van der Waals surface area contributed by atoms with E-state index in [-0.39, 0.29) is 17.2 Å². The van der Waals surface area contributed by atoms with Crippen molar-refractivity contribution in [3.8, 4) is 0 Å². The minimum absolute atomic E-state index is 0.312. The molecule has 1 saturated heterocycles. The maximum Gasteiger partial charge on any atom is 0.328 e. The van der Waals surface area contributed by atoms with Gasteiger partial charge in [-0.1, -0.05) is 29.8 Å². The lowest BCUT2D eigenvalue weighted by Crippen LogP contribution is -2.36. The highest BCUT2D eigenvalue weighted by Crippen LogP contribution is 2.39. The molecule has 3 heterocycles. The standard InChI is InChI=1S/C24H26N4O2S/c1-15-5-7-18-17(13-15)6-8-20-22(25-16(2)31-20)21(18)19-14-28(24(30)26-23(19)29)12-11-27-9-3-4-10-27/h5-8,13-14,21H,3-4,9-12H2,1-2H3,(H,26,29,30). The first kappa shape index (κ1) is 20.2. The van der Waals surface area contributed by atoms with Crippen molar-refractivity contribution in [2.24, 2.45) is 0 Å². The Morgan fingerprint density at radius 2 is 1.90 bits per heavy atom. The summed E-state index contributed by atoms with van der Waals surface area (Å²) >= 11 is 1.63. The number of hydrogen-bond acceptors (Lipinski definition) is 5. The molecule has 5 rings (SSSR count). The van der Waals surface area contributed by atoms with Gasteiger partial charge < -0.3 is 4.90 Å². The second-order valence-electron chi connectivity index (χ2n) is 8.47. The Bertz CT molecular complexity index is 1280. The van der Waals surface area contributed by atoms with E-state index < -0.39 is 0 Å². The number of thiazole rings is 1. The van der Waals surface area contributed by atoms with Crippen LogP contribution in [0, 0.1) is 13.8 Å². The second kappa shape index (κ2) is 8.05. The lowest BCUT2D eigenvalue weighted by molar-refractivity contribution is 0.319. The van der Waals surface area contributed by atoms with Crippen molar-refractivity contribution < 1.29 is 0 Å². The number of aromatic nitrogens is 3. The molecule has 1 N–H and O–H groups in total. The van der Waals surface area contributed by atoms with Crippen LogP contribution in [0.1, 0.15) is 56.6 Å². The molecule has 6 nitrogen and oxygen atoms in total. The Labute approximate surface area is 184 Å². The van der Waals surface area contributed by atoms with Gasteiger partial charge in [0, 0.05) is 24.8 Å². The third-order valence-electron chi connectivity index (χ3n) is 6.23. The van der Waals surface area contributed by atoms with Crippen LogP contribution in [0.15, 0.2) is 34.0 Å². The van der Waals surface area contributed by atoms with Crippen LogP contribution in [0.3, 0.4) is 0 Å². The maximum atomic E-state index is 13.0. The Morgan fingerprint density at radius 1 is 1.10 bits per heavy atom. The highest BCUT2D eigenvalue weighted by atomic mass is 32.1. The monoisotopic (exact) mass is 434 g/mol. The van der Waals surface area contributed by atoms with Crippen LogP contribution in [-0.4, -0.2) is 39.1 Å². The number of nitrogens with zero attached hydrogens (tertiary/aromatic N) is 3. The SMILES string of the molecule is Cc1ccc2c(c1)C=Cc1sc(C)nc1C2c1cn(CCN2CCCC2)c(=O)[nH]c1=O. The minimum atomic E-state index is -0.349. The molecular weight excluding hydrogens is 408 g/mol. The van der Waals surface area contributed by atoms with E-state index in [2.05, 4.69) is 47.2 Å². The quantitative estimate of drug-likeness (QED) is 0.535. The van der Waals surface area contributed by atoms with Gasteiger partial charge >= 0.3 is 5.69 Å². The molecular formula is C24H26N4O2S. The van der Waals surface area contributed by atoms with Gasteiger partial charge in [-0.15, -0.1) is 11.3 Å². The molecule has 0 bridgehead atoms. The fourth-order valence-electron chi connectivity index (χ4n) is 4.67. The van der Waals surface area contributed by atoms with Crippen molar-refractivity contribution in [3.63, 3.8) is 0 Å². The van der Waals surface area contributed by atoms with E-state index in [0.717, 1.165) is 46.3 Å². The summed E-state index contributed by atoms with van der Waals surface area (Å²) in [5.74, 6) is -0.312. The van der Waals surface area contributed by atoms with Crippen LogP contribution < -0.4 is 11.2 Å². The van der Waals surface area contributed by atoms with Gasteiger partial charge in [0.05, 0.1) is 21.5 Å². The number of aryl methyl sites for hydroxylation is 2. The number of H-pyrrole nitrogens is 1. The fourth-order valence-corrected chi connectivity index (χ4v) is 5.53.